The molecule has 1 rings (SSSR count). The SMILES string of the molecule is NCC(=O)NCC(=O)NCCCNC(=O)c1ccc(F)cc1. The molecule has 0 radical (unpaired) electrons. The third-order valence-electron chi connectivity index (χ3n) is 2.70. The highest BCUT2D eigenvalue weighted by Crippen LogP contribution is 2.02. The molecule has 0 aliphatic rings. The van der Waals surface area contributed by atoms with Gasteiger partial charge < -0.3 is 21.7 Å². The van der Waals surface area contributed by atoms with Crippen molar-refractivity contribution in [2.45, 2.75) is 6.42 Å². The van der Waals surface area contributed by atoms with Gasteiger partial charge in [0.1, 0.15) is 5.82 Å². The van der Waals surface area contributed by atoms with E-state index >= 15 is 0 Å². The molecule has 0 fully saturated rings. The van der Waals surface area contributed by atoms with Crippen molar-refractivity contribution in [1.29, 1.82) is 0 Å². The summed E-state index contributed by atoms with van der Waals surface area (Å²) in [6.45, 7) is 0.438. The molecule has 0 saturated carbocycles. The molecule has 5 N–H and O–H groups in total. The zero-order chi connectivity index (χ0) is 16.4. The number of carbonyl (C=O) groups is 3. The summed E-state index contributed by atoms with van der Waals surface area (Å²) >= 11 is 0. The highest BCUT2D eigenvalue weighted by molar-refractivity contribution is 5.94. The van der Waals surface area contributed by atoms with Gasteiger partial charge in [-0.1, -0.05) is 0 Å². The molecule has 120 valence electrons. The Morgan fingerprint density at radius 3 is 2.23 bits per heavy atom. The fourth-order valence-corrected chi connectivity index (χ4v) is 1.53. The Bertz CT molecular complexity index is 519. The molecular formula is C14H19FN4O3. The van der Waals surface area contributed by atoms with Crippen LogP contribution < -0.4 is 21.7 Å². The first kappa shape index (κ1) is 17.6. The molecule has 0 saturated heterocycles. The Morgan fingerprint density at radius 1 is 0.955 bits per heavy atom. The fourth-order valence-electron chi connectivity index (χ4n) is 1.53. The minimum absolute atomic E-state index is 0.127. The van der Waals surface area contributed by atoms with Crippen LogP contribution in [-0.4, -0.2) is 43.9 Å². The maximum atomic E-state index is 12.7. The highest BCUT2D eigenvalue weighted by atomic mass is 19.1. The first-order chi connectivity index (χ1) is 10.5. The summed E-state index contributed by atoms with van der Waals surface area (Å²) in [5, 5.41) is 7.58. The largest absolute Gasteiger partial charge is 0.355 e. The van der Waals surface area contributed by atoms with Gasteiger partial charge in [-0.25, -0.2) is 4.39 Å². The predicted octanol–water partition coefficient (Wildman–Crippen LogP) is -0.863. The summed E-state index contributed by atoms with van der Waals surface area (Å²) in [5.74, 6) is -1.43. The number of rotatable bonds is 8. The molecule has 3 amide bonds. The van der Waals surface area contributed by atoms with Crippen molar-refractivity contribution in [3.63, 3.8) is 0 Å². The Balaban J connectivity index is 2.12. The quantitative estimate of drug-likeness (QED) is 0.468. The molecule has 7 nitrogen and oxygen atoms in total. The molecular weight excluding hydrogens is 291 g/mol. The van der Waals surface area contributed by atoms with Crippen LogP contribution >= 0.6 is 0 Å². The molecule has 0 bridgehead atoms. The molecule has 0 aromatic heterocycles. The van der Waals surface area contributed by atoms with E-state index < -0.39 is 11.7 Å². The van der Waals surface area contributed by atoms with Crippen molar-refractivity contribution >= 4 is 17.7 Å². The van der Waals surface area contributed by atoms with Crippen LogP contribution in [0.5, 0.6) is 0 Å². The van der Waals surface area contributed by atoms with Crippen LogP contribution in [0.25, 0.3) is 0 Å². The zero-order valence-corrected chi connectivity index (χ0v) is 12.0. The predicted molar refractivity (Wildman–Crippen MR) is 78.4 cm³/mol. The molecule has 0 spiro atoms. The Hall–Kier alpha value is -2.48. The summed E-state index contributed by atoms with van der Waals surface area (Å²) < 4.78 is 12.7. The van der Waals surface area contributed by atoms with E-state index in [1.807, 2.05) is 0 Å². The van der Waals surface area contributed by atoms with Gasteiger partial charge >= 0.3 is 0 Å². The molecule has 1 aromatic carbocycles. The first-order valence-corrected chi connectivity index (χ1v) is 6.80. The van der Waals surface area contributed by atoms with Crippen molar-refractivity contribution in [3.05, 3.63) is 35.6 Å². The van der Waals surface area contributed by atoms with Crippen LogP contribution in [0, 0.1) is 5.82 Å². The van der Waals surface area contributed by atoms with Crippen molar-refractivity contribution < 1.29 is 18.8 Å². The standard InChI is InChI=1S/C14H19FN4O3/c15-11-4-2-10(3-5-11)14(22)18-7-1-6-17-13(21)9-19-12(20)8-16/h2-5H,1,6-9,16H2,(H,17,21)(H,18,22)(H,19,20). The van der Waals surface area contributed by atoms with E-state index in [9.17, 15) is 18.8 Å². The van der Waals surface area contributed by atoms with Gasteiger partial charge in [0, 0.05) is 18.7 Å². The summed E-state index contributed by atoms with van der Waals surface area (Å²) in [5.41, 5.74) is 5.45. The van der Waals surface area contributed by atoms with Gasteiger partial charge in [0.2, 0.25) is 11.8 Å². The fraction of sp³-hybridized carbons (Fsp3) is 0.357. The van der Waals surface area contributed by atoms with E-state index in [0.717, 1.165) is 0 Å². The van der Waals surface area contributed by atoms with E-state index in [2.05, 4.69) is 16.0 Å². The van der Waals surface area contributed by atoms with E-state index in [0.29, 0.717) is 25.1 Å². The number of amides is 3. The Morgan fingerprint density at radius 2 is 1.59 bits per heavy atom. The van der Waals surface area contributed by atoms with Gasteiger partial charge in [0.05, 0.1) is 13.1 Å². The van der Waals surface area contributed by atoms with Crippen molar-refractivity contribution in [2.75, 3.05) is 26.2 Å². The number of benzene rings is 1. The minimum atomic E-state index is -0.402. The van der Waals surface area contributed by atoms with Gasteiger partial charge in [0.15, 0.2) is 0 Å². The maximum absolute atomic E-state index is 12.7. The Labute approximate surface area is 127 Å². The lowest BCUT2D eigenvalue weighted by Crippen LogP contribution is -2.40. The molecule has 1 aromatic rings. The average molecular weight is 310 g/mol. The third-order valence-corrected chi connectivity index (χ3v) is 2.70. The summed E-state index contributed by atoms with van der Waals surface area (Å²) in [6.07, 6.45) is 0.531. The second kappa shape index (κ2) is 9.46. The second-order valence-electron chi connectivity index (χ2n) is 4.45. The lowest BCUT2D eigenvalue weighted by atomic mass is 10.2. The number of halogens is 1. The molecule has 22 heavy (non-hydrogen) atoms. The molecule has 0 unspecified atom stereocenters. The summed E-state index contributed by atoms with van der Waals surface area (Å²) in [7, 11) is 0. The van der Waals surface area contributed by atoms with Gasteiger partial charge in [-0.15, -0.1) is 0 Å². The van der Waals surface area contributed by atoms with E-state index in [-0.39, 0.29) is 24.9 Å². The van der Waals surface area contributed by atoms with Crippen LogP contribution in [0.15, 0.2) is 24.3 Å². The summed E-state index contributed by atoms with van der Waals surface area (Å²) in [4.78, 5) is 33.8. The van der Waals surface area contributed by atoms with Crippen molar-refractivity contribution in [1.82, 2.24) is 16.0 Å². The zero-order valence-electron chi connectivity index (χ0n) is 12.0. The highest BCUT2D eigenvalue weighted by Gasteiger charge is 2.05. The van der Waals surface area contributed by atoms with Gasteiger partial charge in [-0.3, -0.25) is 14.4 Å². The van der Waals surface area contributed by atoms with Crippen LogP contribution in [0.4, 0.5) is 4.39 Å². The van der Waals surface area contributed by atoms with E-state index in [1.54, 1.807) is 0 Å². The molecule has 0 atom stereocenters. The van der Waals surface area contributed by atoms with Gasteiger partial charge in [-0.05, 0) is 30.7 Å². The number of nitrogens with two attached hydrogens (primary N) is 1. The van der Waals surface area contributed by atoms with E-state index in [1.165, 1.54) is 24.3 Å². The van der Waals surface area contributed by atoms with Gasteiger partial charge in [-0.2, -0.15) is 0 Å². The molecule has 0 heterocycles. The minimum Gasteiger partial charge on any atom is -0.355 e. The van der Waals surface area contributed by atoms with Crippen LogP contribution in [0.2, 0.25) is 0 Å². The first-order valence-electron chi connectivity index (χ1n) is 6.80. The maximum Gasteiger partial charge on any atom is 0.251 e. The molecule has 0 aliphatic heterocycles. The monoisotopic (exact) mass is 310 g/mol. The number of carbonyl (C=O) groups excluding carboxylic acids is 3. The third kappa shape index (κ3) is 6.80. The number of hydrogen-bond acceptors (Lipinski definition) is 4. The van der Waals surface area contributed by atoms with Crippen molar-refractivity contribution in [3.8, 4) is 0 Å². The average Bonchev–Trinajstić information content (AvgIpc) is 2.52. The number of nitrogens with one attached hydrogen (secondary N) is 3. The van der Waals surface area contributed by atoms with Crippen molar-refractivity contribution in [2.24, 2.45) is 5.73 Å². The second-order valence-corrected chi connectivity index (χ2v) is 4.45. The molecule has 0 aliphatic carbocycles. The van der Waals surface area contributed by atoms with Crippen LogP contribution in [-0.2, 0) is 9.59 Å². The topological polar surface area (TPSA) is 113 Å². The summed E-state index contributed by atoms with van der Waals surface area (Å²) in [6, 6.07) is 5.22. The number of hydrogen-bond donors (Lipinski definition) is 4. The molecule has 8 heteroatoms. The van der Waals surface area contributed by atoms with Gasteiger partial charge in [0.25, 0.3) is 5.91 Å². The smallest absolute Gasteiger partial charge is 0.251 e. The van der Waals surface area contributed by atoms with Crippen LogP contribution in [0.3, 0.4) is 0 Å². The lowest BCUT2D eigenvalue weighted by Gasteiger charge is -2.07. The lowest BCUT2D eigenvalue weighted by molar-refractivity contribution is -0.125. The Kier molecular flexibility index (Phi) is 7.55. The van der Waals surface area contributed by atoms with E-state index in [4.69, 9.17) is 5.73 Å². The normalized spacial score (nSPS) is 9.91. The van der Waals surface area contributed by atoms with Crippen LogP contribution in [0.1, 0.15) is 16.8 Å².